The van der Waals surface area contributed by atoms with Crippen LogP contribution in [0.2, 0.25) is 0 Å². The summed E-state index contributed by atoms with van der Waals surface area (Å²) >= 11 is 0. The number of likely N-dealkylation sites (N-methyl/N-ethyl adjacent to an activating group) is 1. The second kappa shape index (κ2) is 6.16. The number of rotatable bonds is 2. The van der Waals surface area contributed by atoms with Gasteiger partial charge >= 0.3 is 6.03 Å². The molecule has 1 aliphatic rings. The van der Waals surface area contributed by atoms with Gasteiger partial charge in [0.15, 0.2) is 0 Å². The fraction of sp³-hybridized carbons (Fsp3) is 0.294. The summed E-state index contributed by atoms with van der Waals surface area (Å²) in [5.41, 5.74) is 2.79. The van der Waals surface area contributed by atoms with Crippen molar-refractivity contribution < 1.29 is 9.59 Å². The van der Waals surface area contributed by atoms with E-state index in [1.54, 1.807) is 16.8 Å². The molecule has 0 radical (unpaired) electrons. The van der Waals surface area contributed by atoms with Gasteiger partial charge in [-0.05, 0) is 36.8 Å². The lowest BCUT2D eigenvalue weighted by Crippen LogP contribution is -2.56. The molecule has 1 unspecified atom stereocenters. The molecule has 3 rings (SSSR count). The molecule has 1 fully saturated rings. The summed E-state index contributed by atoms with van der Waals surface area (Å²) in [7, 11) is 1.77. The minimum atomic E-state index is -0.245. The molecule has 0 spiro atoms. The van der Waals surface area contributed by atoms with Crippen molar-refractivity contribution in [3.8, 4) is 11.3 Å². The van der Waals surface area contributed by atoms with E-state index in [2.05, 4.69) is 10.3 Å². The van der Waals surface area contributed by atoms with Gasteiger partial charge in [0.05, 0.1) is 0 Å². The van der Waals surface area contributed by atoms with E-state index in [0.717, 1.165) is 11.3 Å². The Kier molecular flexibility index (Phi) is 4.06. The molecule has 1 aromatic carbocycles. The van der Waals surface area contributed by atoms with Crippen LogP contribution in [0, 0.1) is 0 Å². The van der Waals surface area contributed by atoms with Crippen molar-refractivity contribution in [2.24, 2.45) is 0 Å². The standard InChI is InChI=1S/C17H20N4O2/c1-12-10-21(11-16(22)20(12)2)17(23)19-14-7-5-13(6-8-14)15-4-3-9-18-15/h3-9,12,18H,10-11H2,1-2H3,(H,19,23). The Balaban J connectivity index is 1.65. The molecule has 0 saturated carbocycles. The van der Waals surface area contributed by atoms with Gasteiger partial charge in [0.1, 0.15) is 6.54 Å². The fourth-order valence-electron chi connectivity index (χ4n) is 2.63. The summed E-state index contributed by atoms with van der Waals surface area (Å²) in [4.78, 5) is 30.5. The quantitative estimate of drug-likeness (QED) is 0.894. The van der Waals surface area contributed by atoms with Gasteiger partial charge in [0.2, 0.25) is 5.91 Å². The first kappa shape index (κ1) is 15.1. The number of aromatic amines is 1. The second-order valence-corrected chi connectivity index (χ2v) is 5.83. The molecule has 1 atom stereocenters. The third-order valence-electron chi connectivity index (χ3n) is 4.20. The van der Waals surface area contributed by atoms with Crippen LogP contribution in [-0.4, -0.2) is 52.9 Å². The summed E-state index contributed by atoms with van der Waals surface area (Å²) in [5.74, 6) is -0.0407. The van der Waals surface area contributed by atoms with E-state index in [-0.39, 0.29) is 24.5 Å². The maximum Gasteiger partial charge on any atom is 0.322 e. The minimum absolute atomic E-state index is 0.0252. The number of nitrogens with zero attached hydrogens (tertiary/aromatic N) is 2. The lowest BCUT2D eigenvalue weighted by atomic mass is 10.1. The van der Waals surface area contributed by atoms with Crippen LogP contribution in [0.25, 0.3) is 11.3 Å². The summed E-state index contributed by atoms with van der Waals surface area (Å²) < 4.78 is 0. The van der Waals surface area contributed by atoms with Crippen molar-refractivity contribution >= 4 is 17.6 Å². The third kappa shape index (κ3) is 3.21. The van der Waals surface area contributed by atoms with Crippen molar-refractivity contribution in [1.29, 1.82) is 0 Å². The number of amides is 3. The van der Waals surface area contributed by atoms with E-state index < -0.39 is 0 Å². The molecule has 1 saturated heterocycles. The van der Waals surface area contributed by atoms with Crippen LogP contribution < -0.4 is 5.32 Å². The number of H-pyrrole nitrogens is 1. The second-order valence-electron chi connectivity index (χ2n) is 5.83. The van der Waals surface area contributed by atoms with E-state index in [0.29, 0.717) is 12.2 Å². The summed E-state index contributed by atoms with van der Waals surface area (Å²) in [6.07, 6.45) is 1.87. The average molecular weight is 312 g/mol. The zero-order chi connectivity index (χ0) is 16.4. The number of benzene rings is 1. The minimum Gasteiger partial charge on any atom is -0.361 e. The lowest BCUT2D eigenvalue weighted by molar-refractivity contribution is -0.135. The number of carbonyl (C=O) groups is 2. The van der Waals surface area contributed by atoms with Crippen LogP contribution in [0.5, 0.6) is 0 Å². The Labute approximate surface area is 135 Å². The monoisotopic (exact) mass is 312 g/mol. The smallest absolute Gasteiger partial charge is 0.322 e. The van der Waals surface area contributed by atoms with Gasteiger partial charge in [-0.2, -0.15) is 0 Å². The van der Waals surface area contributed by atoms with Crippen LogP contribution in [0.4, 0.5) is 10.5 Å². The summed E-state index contributed by atoms with van der Waals surface area (Å²) in [6.45, 7) is 2.59. The van der Waals surface area contributed by atoms with E-state index >= 15 is 0 Å². The summed E-state index contributed by atoms with van der Waals surface area (Å²) in [6, 6.07) is 11.3. The lowest BCUT2D eigenvalue weighted by Gasteiger charge is -2.37. The molecule has 1 aliphatic heterocycles. The molecule has 2 heterocycles. The van der Waals surface area contributed by atoms with E-state index in [4.69, 9.17) is 0 Å². The number of piperazine rings is 1. The predicted octanol–water partition coefficient (Wildman–Crippen LogP) is 2.38. The molecule has 2 N–H and O–H groups in total. The number of urea groups is 1. The van der Waals surface area contributed by atoms with Gasteiger partial charge < -0.3 is 20.1 Å². The normalized spacial score (nSPS) is 18.2. The first-order chi connectivity index (χ1) is 11.0. The molecular formula is C17H20N4O2. The summed E-state index contributed by atoms with van der Waals surface area (Å²) in [5, 5.41) is 2.85. The highest BCUT2D eigenvalue weighted by Gasteiger charge is 2.29. The highest BCUT2D eigenvalue weighted by molar-refractivity contribution is 5.93. The van der Waals surface area contributed by atoms with Crippen molar-refractivity contribution in [2.45, 2.75) is 13.0 Å². The third-order valence-corrected chi connectivity index (χ3v) is 4.20. The van der Waals surface area contributed by atoms with Crippen LogP contribution in [0.3, 0.4) is 0 Å². The average Bonchev–Trinajstić information content (AvgIpc) is 3.07. The highest BCUT2D eigenvalue weighted by Crippen LogP contribution is 2.20. The molecule has 6 nitrogen and oxygen atoms in total. The maximum atomic E-state index is 12.3. The Morgan fingerprint density at radius 1 is 1.26 bits per heavy atom. The van der Waals surface area contributed by atoms with Crippen molar-refractivity contribution in [3.05, 3.63) is 42.6 Å². The van der Waals surface area contributed by atoms with Crippen LogP contribution >= 0.6 is 0 Å². The van der Waals surface area contributed by atoms with E-state index in [1.807, 2.05) is 49.5 Å². The molecular weight excluding hydrogens is 292 g/mol. The molecule has 0 aliphatic carbocycles. The van der Waals surface area contributed by atoms with Crippen LogP contribution in [0.1, 0.15) is 6.92 Å². The molecule has 0 bridgehead atoms. The maximum absolute atomic E-state index is 12.3. The van der Waals surface area contributed by atoms with Gasteiger partial charge in [-0.25, -0.2) is 4.79 Å². The molecule has 2 aromatic rings. The molecule has 23 heavy (non-hydrogen) atoms. The zero-order valence-corrected chi connectivity index (χ0v) is 13.2. The Bertz CT molecular complexity index is 694. The first-order valence-electron chi connectivity index (χ1n) is 7.60. The SMILES string of the molecule is CC1CN(C(=O)Nc2ccc(-c3ccc[nH]3)cc2)CC(=O)N1C. The van der Waals surface area contributed by atoms with Gasteiger partial charge in [0.25, 0.3) is 0 Å². The van der Waals surface area contributed by atoms with Gasteiger partial charge in [-0.1, -0.05) is 12.1 Å². The topological polar surface area (TPSA) is 68.4 Å². The number of nitrogens with one attached hydrogen (secondary N) is 2. The van der Waals surface area contributed by atoms with E-state index in [9.17, 15) is 9.59 Å². The van der Waals surface area contributed by atoms with Crippen LogP contribution in [0.15, 0.2) is 42.6 Å². The molecule has 1 aromatic heterocycles. The highest BCUT2D eigenvalue weighted by atomic mass is 16.2. The largest absolute Gasteiger partial charge is 0.361 e. The van der Waals surface area contributed by atoms with Gasteiger partial charge in [-0.15, -0.1) is 0 Å². The number of hydrogen-bond donors (Lipinski definition) is 2. The van der Waals surface area contributed by atoms with Crippen molar-refractivity contribution in [3.63, 3.8) is 0 Å². The zero-order valence-electron chi connectivity index (χ0n) is 13.2. The first-order valence-corrected chi connectivity index (χ1v) is 7.60. The van der Waals surface area contributed by atoms with Crippen LogP contribution in [-0.2, 0) is 4.79 Å². The molecule has 120 valence electrons. The van der Waals surface area contributed by atoms with Gasteiger partial charge in [-0.3, -0.25) is 4.79 Å². The Hall–Kier alpha value is -2.76. The van der Waals surface area contributed by atoms with Crippen molar-refractivity contribution in [1.82, 2.24) is 14.8 Å². The molecule has 3 amide bonds. The van der Waals surface area contributed by atoms with Gasteiger partial charge in [0, 0.05) is 37.2 Å². The predicted molar refractivity (Wildman–Crippen MR) is 89.1 cm³/mol. The number of aromatic nitrogens is 1. The number of hydrogen-bond acceptors (Lipinski definition) is 2. The Morgan fingerprint density at radius 2 is 2.00 bits per heavy atom. The molecule has 6 heteroatoms. The van der Waals surface area contributed by atoms with E-state index in [1.165, 1.54) is 0 Å². The number of carbonyl (C=O) groups excluding carboxylic acids is 2. The van der Waals surface area contributed by atoms with Crippen molar-refractivity contribution in [2.75, 3.05) is 25.5 Å². The fourth-order valence-corrected chi connectivity index (χ4v) is 2.63. The Morgan fingerprint density at radius 3 is 2.61 bits per heavy atom. The number of anilines is 1.